The van der Waals surface area contributed by atoms with Crippen molar-refractivity contribution >= 4 is 34.8 Å². The van der Waals surface area contributed by atoms with Gasteiger partial charge in [0.25, 0.3) is 5.91 Å². The number of fused-ring (bicyclic) bond motifs is 1. The van der Waals surface area contributed by atoms with Crippen LogP contribution in [0.3, 0.4) is 0 Å². The van der Waals surface area contributed by atoms with Gasteiger partial charge in [0.15, 0.2) is 11.6 Å². The second-order valence-corrected chi connectivity index (χ2v) is 9.03. The second kappa shape index (κ2) is 10.9. The van der Waals surface area contributed by atoms with Gasteiger partial charge in [-0.1, -0.05) is 23.7 Å². The van der Waals surface area contributed by atoms with Crippen LogP contribution in [0.25, 0.3) is 0 Å². The normalized spacial score (nSPS) is 14.8. The summed E-state index contributed by atoms with van der Waals surface area (Å²) in [6, 6.07) is 12.4. The van der Waals surface area contributed by atoms with Crippen LogP contribution in [0, 0.1) is 0 Å². The topological polar surface area (TPSA) is 110 Å². The third-order valence-electron chi connectivity index (χ3n) is 5.20. The molecule has 4 rings (SSSR count). The summed E-state index contributed by atoms with van der Waals surface area (Å²) in [6.07, 6.45) is 0.693. The van der Waals surface area contributed by atoms with Crippen molar-refractivity contribution in [2.24, 2.45) is 0 Å². The number of aromatic nitrogens is 1. The number of nitrogens with zero attached hydrogens (tertiary/aromatic N) is 1. The van der Waals surface area contributed by atoms with Gasteiger partial charge in [-0.3, -0.25) is 4.79 Å². The van der Waals surface area contributed by atoms with Crippen LogP contribution < -0.4 is 20.1 Å². The van der Waals surface area contributed by atoms with Crippen molar-refractivity contribution in [2.75, 3.05) is 19.8 Å². The second-order valence-electron chi connectivity index (χ2n) is 7.60. The van der Waals surface area contributed by atoms with Crippen LogP contribution in [0.15, 0.2) is 42.5 Å². The lowest BCUT2D eigenvalue weighted by Crippen LogP contribution is -2.30. The maximum atomic E-state index is 12.8. The first kappa shape index (κ1) is 24.0. The average molecular weight is 502 g/mol. The van der Waals surface area contributed by atoms with E-state index in [1.807, 2.05) is 31.2 Å². The lowest BCUT2D eigenvalue weighted by Gasteiger charge is -2.24. The molecule has 8 nitrogen and oxygen atoms in total. The van der Waals surface area contributed by atoms with Crippen LogP contribution in [0.4, 0.5) is 0 Å². The van der Waals surface area contributed by atoms with Crippen molar-refractivity contribution in [3.05, 3.63) is 74.2 Å². The number of carboxylic acid groups (broad SMARTS) is 1. The van der Waals surface area contributed by atoms with Crippen LogP contribution in [-0.2, 0) is 17.8 Å². The van der Waals surface area contributed by atoms with E-state index < -0.39 is 12.6 Å². The number of ether oxygens (including phenoxy) is 2. The Balaban J connectivity index is 1.51. The van der Waals surface area contributed by atoms with Gasteiger partial charge in [0.2, 0.25) is 0 Å². The molecule has 0 fully saturated rings. The van der Waals surface area contributed by atoms with Crippen molar-refractivity contribution < 1.29 is 24.2 Å². The van der Waals surface area contributed by atoms with Gasteiger partial charge in [0.05, 0.1) is 23.2 Å². The van der Waals surface area contributed by atoms with Gasteiger partial charge < -0.3 is 25.2 Å². The number of carboxylic acids is 1. The van der Waals surface area contributed by atoms with Crippen LogP contribution in [-0.4, -0.2) is 41.7 Å². The maximum absolute atomic E-state index is 12.8. The number of benzene rings is 2. The van der Waals surface area contributed by atoms with Gasteiger partial charge in [-0.05, 0) is 48.4 Å². The molecule has 34 heavy (non-hydrogen) atoms. The third kappa shape index (κ3) is 5.67. The fraction of sp³-hybridized carbons (Fsp3) is 0.292. The third-order valence-corrected chi connectivity index (χ3v) is 6.70. The first-order valence-corrected chi connectivity index (χ1v) is 12.0. The monoisotopic (exact) mass is 501 g/mol. The Kier molecular flexibility index (Phi) is 7.66. The van der Waals surface area contributed by atoms with E-state index in [4.69, 9.17) is 26.2 Å². The van der Waals surface area contributed by atoms with E-state index in [9.17, 15) is 9.59 Å². The minimum absolute atomic E-state index is 0.246. The molecule has 2 aromatic carbocycles. The molecule has 1 unspecified atom stereocenters. The van der Waals surface area contributed by atoms with Gasteiger partial charge >= 0.3 is 5.97 Å². The molecule has 2 heterocycles. The van der Waals surface area contributed by atoms with Gasteiger partial charge in [0, 0.05) is 24.5 Å². The quantitative estimate of drug-likeness (QED) is 0.409. The van der Waals surface area contributed by atoms with E-state index in [-0.39, 0.29) is 11.9 Å². The van der Waals surface area contributed by atoms with Crippen LogP contribution in [0.2, 0.25) is 5.02 Å². The number of aliphatic carboxylic acids is 1. The molecule has 0 saturated carbocycles. The number of hydrogen-bond donors (Lipinski definition) is 3. The first-order valence-electron chi connectivity index (χ1n) is 10.8. The van der Waals surface area contributed by atoms with Crippen molar-refractivity contribution in [1.82, 2.24) is 15.6 Å². The summed E-state index contributed by atoms with van der Waals surface area (Å²) < 4.78 is 10.8. The zero-order valence-electron chi connectivity index (χ0n) is 18.5. The minimum atomic E-state index is -1.06. The van der Waals surface area contributed by atoms with Crippen LogP contribution in [0.5, 0.6) is 11.5 Å². The van der Waals surface area contributed by atoms with Crippen molar-refractivity contribution in [3.63, 3.8) is 0 Å². The molecule has 10 heteroatoms. The molecule has 3 aromatic rings. The van der Waals surface area contributed by atoms with Crippen molar-refractivity contribution in [2.45, 2.75) is 25.9 Å². The van der Waals surface area contributed by atoms with Crippen LogP contribution in [0.1, 0.15) is 44.5 Å². The van der Waals surface area contributed by atoms with E-state index in [1.54, 1.807) is 18.2 Å². The number of nitrogens with one attached hydrogen (secondary N) is 2. The summed E-state index contributed by atoms with van der Waals surface area (Å²) >= 11 is 7.79. The van der Waals surface area contributed by atoms with E-state index in [2.05, 4.69) is 15.6 Å². The molecule has 0 spiro atoms. The lowest BCUT2D eigenvalue weighted by atomic mass is 9.99. The zero-order valence-corrected chi connectivity index (χ0v) is 20.0. The van der Waals surface area contributed by atoms with E-state index in [1.165, 1.54) is 11.3 Å². The summed E-state index contributed by atoms with van der Waals surface area (Å²) in [6.45, 7) is 3.09. The standard InChI is InChI=1S/C24H24ClN3O5S/c1-2-32-15-5-3-4-14(10-15)12-27-23(31)24-28-19-8-9-26-21(22(19)34-24)17-11-16(6-7-18(17)25)33-13-20(29)30/h3-7,10-11,21,26H,2,8-9,12-13H2,1H3,(H,27,31)(H,29,30). The van der Waals surface area contributed by atoms with E-state index >= 15 is 0 Å². The van der Waals surface area contributed by atoms with Crippen molar-refractivity contribution in [1.29, 1.82) is 0 Å². The molecule has 0 aliphatic carbocycles. The number of amides is 1. The molecule has 1 aromatic heterocycles. The lowest BCUT2D eigenvalue weighted by molar-refractivity contribution is -0.139. The minimum Gasteiger partial charge on any atom is -0.494 e. The Bertz CT molecular complexity index is 1200. The molecule has 0 saturated heterocycles. The van der Waals surface area contributed by atoms with Crippen molar-refractivity contribution in [3.8, 4) is 11.5 Å². The summed E-state index contributed by atoms with van der Waals surface area (Å²) in [5.74, 6) is -0.131. The van der Waals surface area contributed by atoms with E-state index in [0.717, 1.165) is 27.4 Å². The predicted molar refractivity (Wildman–Crippen MR) is 129 cm³/mol. The highest BCUT2D eigenvalue weighted by Crippen LogP contribution is 2.37. The number of halogens is 1. The average Bonchev–Trinajstić information content (AvgIpc) is 3.27. The number of thiazole rings is 1. The number of carbonyl (C=O) groups excluding carboxylic acids is 1. The molecule has 1 aliphatic rings. The molecule has 0 radical (unpaired) electrons. The van der Waals surface area contributed by atoms with E-state index in [0.29, 0.717) is 41.9 Å². The number of rotatable bonds is 9. The predicted octanol–water partition coefficient (Wildman–Crippen LogP) is 3.82. The summed E-state index contributed by atoms with van der Waals surface area (Å²) in [7, 11) is 0. The molecular weight excluding hydrogens is 478 g/mol. The van der Waals surface area contributed by atoms with Gasteiger partial charge in [0.1, 0.15) is 11.5 Å². The fourth-order valence-corrected chi connectivity index (χ4v) is 5.04. The van der Waals surface area contributed by atoms with Gasteiger partial charge in [-0.2, -0.15) is 0 Å². The molecule has 1 atom stereocenters. The Morgan fingerprint density at radius 1 is 1.24 bits per heavy atom. The highest BCUT2D eigenvalue weighted by molar-refractivity contribution is 7.13. The number of carbonyl (C=O) groups is 2. The fourth-order valence-electron chi connectivity index (χ4n) is 3.69. The molecular formula is C24H24ClN3O5S. The molecule has 3 N–H and O–H groups in total. The Hall–Kier alpha value is -3.14. The Labute approximate surface area is 205 Å². The largest absolute Gasteiger partial charge is 0.494 e. The van der Waals surface area contributed by atoms with Gasteiger partial charge in [-0.25, -0.2) is 9.78 Å². The zero-order chi connectivity index (χ0) is 24.1. The molecule has 1 amide bonds. The highest BCUT2D eigenvalue weighted by Gasteiger charge is 2.29. The SMILES string of the molecule is CCOc1cccc(CNC(=O)c2nc3c(s2)C(c2cc(OCC(=O)O)ccc2Cl)NCC3)c1. The molecule has 178 valence electrons. The van der Waals surface area contributed by atoms with Crippen LogP contribution >= 0.6 is 22.9 Å². The Morgan fingerprint density at radius 2 is 2.06 bits per heavy atom. The smallest absolute Gasteiger partial charge is 0.341 e. The summed E-state index contributed by atoms with van der Waals surface area (Å²) in [5.41, 5.74) is 2.53. The summed E-state index contributed by atoms with van der Waals surface area (Å²) in [5, 5.41) is 16.1. The van der Waals surface area contributed by atoms with Gasteiger partial charge in [-0.15, -0.1) is 11.3 Å². The first-order chi connectivity index (χ1) is 16.4. The summed E-state index contributed by atoms with van der Waals surface area (Å²) in [4.78, 5) is 29.2. The number of hydrogen-bond acceptors (Lipinski definition) is 7. The molecule has 1 aliphatic heterocycles. The maximum Gasteiger partial charge on any atom is 0.341 e. The highest BCUT2D eigenvalue weighted by atomic mass is 35.5. The Morgan fingerprint density at radius 3 is 2.85 bits per heavy atom. The molecule has 0 bridgehead atoms.